The van der Waals surface area contributed by atoms with E-state index in [9.17, 15) is 82.7 Å². The number of aliphatic carboxylic acids is 2. The highest BCUT2D eigenvalue weighted by molar-refractivity contribution is 7.83. The second kappa shape index (κ2) is 21.4. The van der Waals surface area contributed by atoms with Crippen LogP contribution >= 0.6 is 0 Å². The number of carboxylic acid groups (broad SMARTS) is 2. The monoisotopic (exact) mass is 980 g/mol. The van der Waals surface area contributed by atoms with Gasteiger partial charge < -0.3 is 68.7 Å². The average Bonchev–Trinajstić information content (AvgIpc) is 3.11. The summed E-state index contributed by atoms with van der Waals surface area (Å²) in [4.78, 5) is 36.6. The van der Waals surface area contributed by atoms with Gasteiger partial charge in [0.05, 0.1) is 13.2 Å². The molecule has 15 atom stereocenters. The fourth-order valence-electron chi connectivity index (χ4n) is 5.85. The number of carboxylic acids is 2. The molecule has 0 unspecified atom stereocenters. The molecular weight excluding hydrogens is 941 g/mol. The van der Waals surface area contributed by atoms with Gasteiger partial charge >= 0.3 is 53.4 Å². The first-order chi connectivity index (χ1) is 28.0. The van der Waals surface area contributed by atoms with E-state index < -0.39 is 178 Å². The van der Waals surface area contributed by atoms with Crippen LogP contribution in [-0.4, -0.2) is 228 Å². The maximum atomic E-state index is 12.5. The Morgan fingerprint density at radius 2 is 1.15 bits per heavy atom. The van der Waals surface area contributed by atoms with Gasteiger partial charge in [0.15, 0.2) is 43.3 Å². The van der Waals surface area contributed by atoms with Crippen molar-refractivity contribution in [2.24, 2.45) is 0 Å². The predicted molar refractivity (Wildman–Crippen MR) is 179 cm³/mol. The summed E-state index contributed by atoms with van der Waals surface area (Å²) in [7, 11) is -19.6. The van der Waals surface area contributed by atoms with Gasteiger partial charge in [-0.1, -0.05) is 0 Å². The topological polar surface area (TPSA) is 495 Å². The number of hydrogen-bond donors (Lipinski definition) is 11. The Labute approximate surface area is 343 Å². The maximum absolute atomic E-state index is 12.5. The lowest BCUT2D eigenvalue weighted by Gasteiger charge is -2.47. The Balaban J connectivity index is 1.77. The average molecular weight is 981 g/mol. The summed E-state index contributed by atoms with van der Waals surface area (Å²) in [6.45, 7) is -3.78. The van der Waals surface area contributed by atoms with Crippen molar-refractivity contribution in [1.82, 2.24) is 10.0 Å². The largest absolute Gasteiger partial charge is 0.479 e. The highest BCUT2D eigenvalue weighted by Gasteiger charge is 2.56. The zero-order valence-electron chi connectivity index (χ0n) is 30.6. The molecule has 0 bridgehead atoms. The number of aliphatic hydroxyl groups is 3. The fraction of sp³-hybridized carbons (Fsp3) is 0.875. The van der Waals surface area contributed by atoms with Crippen molar-refractivity contribution in [1.29, 1.82) is 0 Å². The van der Waals surface area contributed by atoms with Crippen molar-refractivity contribution in [2.75, 3.05) is 40.6 Å². The van der Waals surface area contributed by atoms with Crippen LogP contribution in [0.2, 0.25) is 0 Å². The van der Waals surface area contributed by atoms with Crippen LogP contribution in [0.25, 0.3) is 0 Å². The summed E-state index contributed by atoms with van der Waals surface area (Å²) in [6, 6.07) is -2.23. The van der Waals surface area contributed by atoms with Crippen LogP contribution in [0.4, 0.5) is 0 Å². The van der Waals surface area contributed by atoms with Crippen LogP contribution < -0.4 is 10.0 Å². The molecule has 0 saturated carbocycles. The molecule has 0 aliphatic carbocycles. The van der Waals surface area contributed by atoms with Crippen molar-refractivity contribution in [3.63, 3.8) is 0 Å². The highest BCUT2D eigenvalue weighted by Crippen LogP contribution is 2.33. The summed E-state index contributed by atoms with van der Waals surface area (Å²) in [5.41, 5.74) is 0. The Morgan fingerprint density at radius 3 is 1.64 bits per heavy atom. The van der Waals surface area contributed by atoms with Gasteiger partial charge in [-0.15, -0.1) is 0 Å². The first-order valence-corrected chi connectivity index (χ1v) is 21.9. The van der Waals surface area contributed by atoms with Crippen LogP contribution in [0.1, 0.15) is 0 Å². The first kappa shape index (κ1) is 52.8. The lowest BCUT2D eigenvalue weighted by molar-refractivity contribution is -0.338. The Bertz CT molecular complexity index is 1970. The van der Waals surface area contributed by atoms with Crippen molar-refractivity contribution >= 4 is 59.3 Å². The van der Waals surface area contributed by atoms with Gasteiger partial charge in [0.25, 0.3) is 0 Å². The molecular formula is C24H40N2O31S4. The van der Waals surface area contributed by atoms with Gasteiger partial charge in [0.2, 0.25) is 5.91 Å². The molecule has 0 aromatic carbocycles. The summed E-state index contributed by atoms with van der Waals surface area (Å²) in [6.07, 6.45) is -31.1. The normalized spacial score (nSPS) is 35.3. The molecule has 3 fully saturated rings. The van der Waals surface area contributed by atoms with Crippen LogP contribution in [0.15, 0.2) is 0 Å². The van der Waals surface area contributed by atoms with Gasteiger partial charge in [0, 0.05) is 20.8 Å². The molecule has 0 aromatic rings. The molecule has 11 N–H and O–H groups in total. The Kier molecular flexibility index (Phi) is 18.5. The molecule has 37 heteroatoms. The summed E-state index contributed by atoms with van der Waals surface area (Å²) < 4.78 is 184. The third-order valence-electron chi connectivity index (χ3n) is 8.24. The lowest BCUT2D eigenvalue weighted by Crippen LogP contribution is -2.68. The molecule has 3 aliphatic heterocycles. The van der Waals surface area contributed by atoms with Crippen LogP contribution in [0, 0.1) is 0 Å². The standard InChI is InChI=1S/C24H40N2O31S4/c1-47-13-7(5-51-59(38,39)40)52-22(9(10(13)28)26-58(35,36)37)53-15-12(30)17(57-61(44,45)46)24(55-19(15)21(33)34)49-4-3-25-8(27)6-50-14-11(29)16(56-60(41,42)43)23(48-2)54-18(14)20(31)32/h7,9-19,22-24,26,28-30H,3-6H2,1-2H3,(H,25,27)(H,31,32)(H,33,34)(H,35,36,37)(H,38,39,40)(H,41,42,43)(H,44,45,46)/t7-,9-,10-,11+,12+,13-,14+,15+,16-,17-,18-,19-,22-,23-,24-/m1/s1. The molecule has 3 aliphatic rings. The van der Waals surface area contributed by atoms with Crippen LogP contribution in [-0.2, 0) is 106 Å². The van der Waals surface area contributed by atoms with E-state index in [1.54, 1.807) is 0 Å². The van der Waals surface area contributed by atoms with E-state index >= 15 is 0 Å². The number of ether oxygens (including phenoxy) is 8. The molecule has 33 nitrogen and oxygen atoms in total. The number of amides is 1. The summed E-state index contributed by atoms with van der Waals surface area (Å²) in [5.74, 6) is -4.96. The smallest absolute Gasteiger partial charge is 0.397 e. The molecule has 0 radical (unpaired) electrons. The summed E-state index contributed by atoms with van der Waals surface area (Å²) in [5, 5.41) is 54.2. The number of rotatable bonds is 22. The van der Waals surface area contributed by atoms with Crippen molar-refractivity contribution in [3.8, 4) is 0 Å². The van der Waals surface area contributed by atoms with E-state index in [4.69, 9.17) is 47.0 Å². The van der Waals surface area contributed by atoms with E-state index in [1.165, 1.54) is 4.72 Å². The molecule has 0 spiro atoms. The van der Waals surface area contributed by atoms with Crippen molar-refractivity contribution < 1.29 is 142 Å². The second-order valence-corrected chi connectivity index (χ2v) is 16.8. The van der Waals surface area contributed by atoms with Gasteiger partial charge in [0.1, 0.15) is 55.4 Å². The van der Waals surface area contributed by atoms with Crippen LogP contribution in [0.3, 0.4) is 0 Å². The lowest BCUT2D eigenvalue weighted by atomic mass is 9.96. The third-order valence-corrected chi connectivity index (χ3v) is 10.2. The molecule has 61 heavy (non-hydrogen) atoms. The van der Waals surface area contributed by atoms with Gasteiger partial charge in [-0.05, 0) is 0 Å². The van der Waals surface area contributed by atoms with Gasteiger partial charge in [-0.3, -0.25) is 23.0 Å². The van der Waals surface area contributed by atoms with E-state index in [0.29, 0.717) is 0 Å². The minimum atomic E-state index is -5.62. The molecule has 0 aromatic heterocycles. The molecule has 356 valence electrons. The minimum Gasteiger partial charge on any atom is -0.479 e. The van der Waals surface area contributed by atoms with E-state index in [0.717, 1.165) is 14.2 Å². The number of methoxy groups -OCH3 is 2. The second-order valence-electron chi connectivity index (χ2n) is 12.4. The number of nitrogens with one attached hydrogen (secondary N) is 2. The van der Waals surface area contributed by atoms with E-state index in [-0.39, 0.29) is 0 Å². The SMILES string of the molecule is CO[C@@H]1O[C@@H](C(=O)O)[C@@H](OCC(=O)NCCO[C@@H]2O[C@@H](C(=O)O)[C@@H](O[C@H]3O[C@H](COS(=O)(=O)O)[C@@H](OC)[C@H](O)[C@H]3NS(=O)(=O)O)[C@H](O)[C@H]2OS(=O)(=O)O)[C@H](O)[C@H]1OS(=O)(=O)O. The molecule has 1 amide bonds. The van der Waals surface area contributed by atoms with Gasteiger partial charge in [-0.25, -0.2) is 22.1 Å². The Morgan fingerprint density at radius 1 is 0.623 bits per heavy atom. The zero-order chi connectivity index (χ0) is 46.4. The minimum absolute atomic E-state index is 0.648. The van der Waals surface area contributed by atoms with E-state index in [2.05, 4.69) is 17.9 Å². The number of aliphatic hydroxyl groups excluding tert-OH is 3. The summed E-state index contributed by atoms with van der Waals surface area (Å²) >= 11 is 0. The van der Waals surface area contributed by atoms with Crippen molar-refractivity contribution in [2.45, 2.75) is 92.1 Å². The quantitative estimate of drug-likeness (QED) is 0.0354. The fourth-order valence-corrected chi connectivity index (χ4v) is 7.72. The molecule has 3 heterocycles. The van der Waals surface area contributed by atoms with Crippen molar-refractivity contribution in [3.05, 3.63) is 0 Å². The number of carbonyl (C=O) groups excluding carboxylic acids is 1. The number of carbonyl (C=O) groups is 3. The Hall–Kier alpha value is -2.55. The van der Waals surface area contributed by atoms with Crippen LogP contribution in [0.5, 0.6) is 0 Å². The molecule has 3 rings (SSSR count). The first-order valence-electron chi connectivity index (χ1n) is 16.3. The molecule has 3 saturated heterocycles. The van der Waals surface area contributed by atoms with E-state index in [1.807, 2.05) is 0 Å². The number of hydrogen-bond acceptors (Lipinski definition) is 25. The maximum Gasteiger partial charge on any atom is 0.397 e. The predicted octanol–water partition coefficient (Wildman–Crippen LogP) is -8.07. The highest BCUT2D eigenvalue weighted by atomic mass is 32.3. The van der Waals surface area contributed by atoms with Gasteiger partial charge in [-0.2, -0.15) is 38.4 Å². The third kappa shape index (κ3) is 15.6. The zero-order valence-corrected chi connectivity index (χ0v) is 33.9.